The molecule has 10 nitrogen and oxygen atoms in total. The predicted octanol–water partition coefficient (Wildman–Crippen LogP) is 3.08. The zero-order valence-electron chi connectivity index (χ0n) is 24.8. The number of rotatable bonds is 11. The number of piperidine rings is 1. The molecule has 10 heteroatoms. The molecule has 1 aromatic rings. The van der Waals surface area contributed by atoms with Crippen molar-refractivity contribution in [3.05, 3.63) is 23.3 Å². The van der Waals surface area contributed by atoms with E-state index in [9.17, 15) is 19.5 Å². The van der Waals surface area contributed by atoms with E-state index < -0.39 is 47.2 Å². The van der Waals surface area contributed by atoms with E-state index in [0.29, 0.717) is 43.8 Å². The molecule has 2 fully saturated rings. The maximum absolute atomic E-state index is 13.2. The molecule has 1 unspecified atom stereocenters. The summed E-state index contributed by atoms with van der Waals surface area (Å²) in [6, 6.07) is 3.88. The fourth-order valence-corrected chi connectivity index (χ4v) is 7.42. The van der Waals surface area contributed by atoms with Gasteiger partial charge in [0.05, 0.1) is 30.7 Å². The van der Waals surface area contributed by atoms with Gasteiger partial charge in [-0.3, -0.25) is 9.59 Å². The van der Waals surface area contributed by atoms with Gasteiger partial charge in [-0.2, -0.15) is 0 Å². The maximum atomic E-state index is 13.2. The lowest BCUT2D eigenvalue weighted by Crippen LogP contribution is -2.76. The highest BCUT2D eigenvalue weighted by atomic mass is 16.6. The van der Waals surface area contributed by atoms with Gasteiger partial charge in [-0.05, 0) is 70.7 Å². The van der Waals surface area contributed by atoms with Gasteiger partial charge < -0.3 is 33.7 Å². The van der Waals surface area contributed by atoms with E-state index in [2.05, 4.69) is 11.0 Å². The van der Waals surface area contributed by atoms with Crippen LogP contribution < -0.4 is 9.47 Å². The third kappa shape index (κ3) is 4.86. The van der Waals surface area contributed by atoms with Crippen molar-refractivity contribution in [3.8, 4) is 11.5 Å². The van der Waals surface area contributed by atoms with Crippen LogP contribution in [0.5, 0.6) is 11.5 Å². The van der Waals surface area contributed by atoms with E-state index in [0.717, 1.165) is 30.5 Å². The Balaban J connectivity index is 1.27. The molecular formula is C31H43NO9. The van der Waals surface area contributed by atoms with Gasteiger partial charge in [0.1, 0.15) is 12.2 Å². The van der Waals surface area contributed by atoms with Gasteiger partial charge in [0.2, 0.25) is 0 Å². The SMILES string of the molecule is CCCCOC(=O)CC[C@H](C)C(=O)O[C@@H](C)C(=O)OC1CC[C@@]2(O)[C@H]3Cc4ccc(OC)c5c4[C@@]2(CCN3C)[C@H]1O5. The molecule has 2 heterocycles. The molecule has 4 aliphatic rings. The molecule has 226 valence electrons. The number of carbonyl (C=O) groups excluding carboxylic acids is 3. The molecule has 7 atom stereocenters. The van der Waals surface area contributed by atoms with E-state index >= 15 is 0 Å². The number of ether oxygens (including phenoxy) is 5. The first-order chi connectivity index (χ1) is 19.6. The van der Waals surface area contributed by atoms with E-state index in [1.54, 1.807) is 14.0 Å². The van der Waals surface area contributed by atoms with Crippen LogP contribution in [0.3, 0.4) is 0 Å². The van der Waals surface area contributed by atoms with Crippen LogP contribution in [-0.4, -0.2) is 85.2 Å². The van der Waals surface area contributed by atoms with Gasteiger partial charge in [-0.25, -0.2) is 4.79 Å². The first-order valence-corrected chi connectivity index (χ1v) is 14.9. The van der Waals surface area contributed by atoms with Gasteiger partial charge in [-0.1, -0.05) is 26.3 Å². The van der Waals surface area contributed by atoms with E-state index in [-0.39, 0.29) is 24.9 Å². The Morgan fingerprint density at radius 1 is 1.20 bits per heavy atom. The lowest BCUT2D eigenvalue weighted by Gasteiger charge is -2.63. The Morgan fingerprint density at radius 3 is 2.71 bits per heavy atom. The second kappa shape index (κ2) is 11.4. The summed E-state index contributed by atoms with van der Waals surface area (Å²) in [6.45, 7) is 6.31. The summed E-state index contributed by atoms with van der Waals surface area (Å²) in [7, 11) is 3.64. The van der Waals surface area contributed by atoms with Gasteiger partial charge in [-0.15, -0.1) is 0 Å². The van der Waals surface area contributed by atoms with Crippen LogP contribution in [0, 0.1) is 5.92 Å². The summed E-state index contributed by atoms with van der Waals surface area (Å²) in [6.07, 6.45) is 1.99. The van der Waals surface area contributed by atoms with Gasteiger partial charge in [0, 0.05) is 18.0 Å². The van der Waals surface area contributed by atoms with E-state index in [4.69, 9.17) is 23.7 Å². The summed E-state index contributed by atoms with van der Waals surface area (Å²) in [5.41, 5.74) is 0.340. The Labute approximate surface area is 241 Å². The van der Waals surface area contributed by atoms with E-state index in [1.165, 1.54) is 6.92 Å². The fraction of sp³-hybridized carbons (Fsp3) is 0.710. The minimum Gasteiger partial charge on any atom is -0.493 e. The summed E-state index contributed by atoms with van der Waals surface area (Å²) in [5.74, 6) is -0.938. The highest BCUT2D eigenvalue weighted by Gasteiger charge is 2.73. The largest absolute Gasteiger partial charge is 0.493 e. The monoisotopic (exact) mass is 573 g/mol. The molecule has 0 amide bonds. The number of carbonyl (C=O) groups is 3. The van der Waals surface area contributed by atoms with Crippen LogP contribution in [0.4, 0.5) is 0 Å². The van der Waals surface area contributed by atoms with Crippen LogP contribution in [0.1, 0.15) is 76.8 Å². The van der Waals surface area contributed by atoms with Crippen molar-refractivity contribution in [1.82, 2.24) is 4.90 Å². The number of esters is 3. The van der Waals surface area contributed by atoms with Crippen molar-refractivity contribution < 1.29 is 43.2 Å². The minimum atomic E-state index is -1.13. The molecule has 5 rings (SSSR count). The van der Waals surface area contributed by atoms with Crippen LogP contribution in [-0.2, 0) is 40.4 Å². The number of aliphatic hydroxyl groups is 1. The van der Waals surface area contributed by atoms with Crippen LogP contribution in [0.15, 0.2) is 12.1 Å². The van der Waals surface area contributed by atoms with Gasteiger partial charge >= 0.3 is 17.9 Å². The summed E-state index contributed by atoms with van der Waals surface area (Å²) in [4.78, 5) is 40.0. The molecule has 1 aromatic carbocycles. The number of likely N-dealkylation sites (N-methyl/N-ethyl adjacent to an activating group) is 1. The van der Waals surface area contributed by atoms with Crippen molar-refractivity contribution in [2.45, 2.75) is 108 Å². The number of nitrogens with zero attached hydrogens (tertiary/aromatic N) is 1. The topological polar surface area (TPSA) is 121 Å². The molecule has 2 bridgehead atoms. The standard InChI is InChI=1S/C31H43NO9/c1-6-7-16-38-24(33)11-8-18(2)28(34)39-19(3)29(35)40-22-12-13-31(36)23-17-20-9-10-21(37-5)26-25(20)30(31,27(22)41-26)14-15-32(23)4/h9-10,18-19,22-23,27,36H,6-8,11-17H2,1-5H3/t18-,19-,22?,23+,27-,30-,31+/m0/s1. The third-order valence-electron chi connectivity index (χ3n) is 9.72. The molecule has 2 aliphatic heterocycles. The Kier molecular flexibility index (Phi) is 8.27. The molecule has 0 radical (unpaired) electrons. The molecular weight excluding hydrogens is 530 g/mol. The molecule has 0 aromatic heterocycles. The molecule has 2 aliphatic carbocycles. The summed E-state index contributed by atoms with van der Waals surface area (Å²) < 4.78 is 28.8. The normalized spacial score (nSPS) is 30.8. The number of hydrogen-bond donors (Lipinski definition) is 1. The van der Waals surface area contributed by atoms with Crippen LogP contribution >= 0.6 is 0 Å². The number of methoxy groups -OCH3 is 1. The molecule has 1 saturated carbocycles. The predicted molar refractivity (Wildman–Crippen MR) is 148 cm³/mol. The molecule has 1 spiro atoms. The minimum absolute atomic E-state index is 0.0730. The summed E-state index contributed by atoms with van der Waals surface area (Å²) >= 11 is 0. The maximum Gasteiger partial charge on any atom is 0.347 e. The highest BCUT2D eigenvalue weighted by Crippen LogP contribution is 2.65. The Morgan fingerprint density at radius 2 is 1.98 bits per heavy atom. The first kappa shape index (κ1) is 29.6. The lowest BCUT2D eigenvalue weighted by molar-refractivity contribution is -0.216. The Hall–Kier alpha value is -2.85. The molecule has 41 heavy (non-hydrogen) atoms. The molecule has 1 saturated heterocycles. The van der Waals surface area contributed by atoms with Gasteiger partial charge in [0.15, 0.2) is 17.6 Å². The van der Waals surface area contributed by atoms with Crippen molar-refractivity contribution >= 4 is 17.9 Å². The fourth-order valence-electron chi connectivity index (χ4n) is 7.42. The first-order valence-electron chi connectivity index (χ1n) is 14.9. The van der Waals surface area contributed by atoms with E-state index in [1.807, 2.05) is 20.0 Å². The average Bonchev–Trinajstić information content (AvgIpc) is 3.31. The average molecular weight is 574 g/mol. The zero-order valence-corrected chi connectivity index (χ0v) is 24.8. The number of unbranched alkanes of at least 4 members (excludes halogenated alkanes) is 1. The second-order valence-electron chi connectivity index (χ2n) is 12.1. The quantitative estimate of drug-likeness (QED) is 0.240. The van der Waals surface area contributed by atoms with Crippen molar-refractivity contribution in [2.24, 2.45) is 5.92 Å². The van der Waals surface area contributed by atoms with Crippen molar-refractivity contribution in [3.63, 3.8) is 0 Å². The summed E-state index contributed by atoms with van der Waals surface area (Å²) in [5, 5.41) is 12.3. The van der Waals surface area contributed by atoms with Crippen molar-refractivity contribution in [2.75, 3.05) is 27.3 Å². The smallest absolute Gasteiger partial charge is 0.347 e. The lowest BCUT2D eigenvalue weighted by atomic mass is 9.48. The molecule has 1 N–H and O–H groups in total. The number of likely N-dealkylation sites (tertiary alicyclic amines) is 1. The number of benzene rings is 1. The highest BCUT2D eigenvalue weighted by molar-refractivity contribution is 5.80. The van der Waals surface area contributed by atoms with Gasteiger partial charge in [0.25, 0.3) is 0 Å². The van der Waals surface area contributed by atoms with Crippen LogP contribution in [0.25, 0.3) is 0 Å². The van der Waals surface area contributed by atoms with Crippen molar-refractivity contribution in [1.29, 1.82) is 0 Å². The van der Waals surface area contributed by atoms with Crippen LogP contribution in [0.2, 0.25) is 0 Å². The zero-order chi connectivity index (χ0) is 29.5. The second-order valence-corrected chi connectivity index (χ2v) is 12.1. The third-order valence-corrected chi connectivity index (χ3v) is 9.72. The number of hydrogen-bond acceptors (Lipinski definition) is 10. The Bertz CT molecular complexity index is 1190.